The van der Waals surface area contributed by atoms with Gasteiger partial charge < -0.3 is 25.1 Å². The van der Waals surface area contributed by atoms with Crippen LogP contribution < -0.4 is 0 Å². The molecule has 0 bridgehead atoms. The summed E-state index contributed by atoms with van der Waals surface area (Å²) in [4.78, 5) is 43.5. The Balaban J connectivity index is 0.000000341. The van der Waals surface area contributed by atoms with Crippen molar-refractivity contribution in [1.29, 1.82) is 5.26 Å². The molecular formula is C39H46F6N4O6S. The van der Waals surface area contributed by atoms with Crippen molar-refractivity contribution >= 4 is 29.1 Å². The average Bonchev–Trinajstić information content (AvgIpc) is 3.89. The minimum absolute atomic E-state index is 0.0185. The van der Waals surface area contributed by atoms with Crippen LogP contribution in [0.4, 0.5) is 26.3 Å². The van der Waals surface area contributed by atoms with Gasteiger partial charge in [-0.1, -0.05) is 44.4 Å². The van der Waals surface area contributed by atoms with Crippen molar-refractivity contribution in [3.63, 3.8) is 0 Å². The molecule has 2 saturated heterocycles. The molecule has 2 amide bonds. The molecule has 3 aliphatic rings. The maximum Gasteiger partial charge on any atom is 0.425 e. The fourth-order valence-corrected chi connectivity index (χ4v) is 7.95. The van der Waals surface area contributed by atoms with Gasteiger partial charge in [-0.25, -0.2) is 5.26 Å². The summed E-state index contributed by atoms with van der Waals surface area (Å²) in [7, 11) is 0. The van der Waals surface area contributed by atoms with Crippen molar-refractivity contribution in [3.05, 3.63) is 75.7 Å². The average molecular weight is 813 g/mol. The lowest BCUT2D eigenvalue weighted by molar-refractivity contribution is -0.142. The maximum absolute atomic E-state index is 13.6. The molecule has 6 rings (SSSR count). The molecule has 4 heterocycles. The van der Waals surface area contributed by atoms with Gasteiger partial charge in [-0.2, -0.15) is 26.3 Å². The van der Waals surface area contributed by atoms with Crippen molar-refractivity contribution < 1.29 is 56.0 Å². The number of piperidine rings is 2. The maximum atomic E-state index is 13.6. The summed E-state index contributed by atoms with van der Waals surface area (Å²) < 4.78 is 75.8. The molecular weight excluding hydrogens is 767 g/mol. The number of rotatable bonds is 6. The highest BCUT2D eigenvalue weighted by Crippen LogP contribution is 2.38. The van der Waals surface area contributed by atoms with E-state index in [0.717, 1.165) is 55.5 Å². The molecule has 306 valence electrons. The van der Waals surface area contributed by atoms with Crippen LogP contribution >= 0.6 is 11.3 Å². The third-order valence-electron chi connectivity index (χ3n) is 10.0. The molecule has 0 spiro atoms. The molecule has 3 aromatic rings. The van der Waals surface area contributed by atoms with E-state index in [-0.39, 0.29) is 29.2 Å². The van der Waals surface area contributed by atoms with E-state index in [2.05, 4.69) is 11.6 Å². The van der Waals surface area contributed by atoms with E-state index in [9.17, 15) is 45.8 Å². The number of phenols is 1. The number of carboxylic acid groups (broad SMARTS) is 1. The van der Waals surface area contributed by atoms with Crippen molar-refractivity contribution in [1.82, 2.24) is 14.8 Å². The SMILES string of the molecule is C#N.CCCC1C(C(=O)N2CCC(c3ccccc3O)CC2)CCCN1C(=O)c1ncccc1C(F)(F)F.O=C(O)C1CCCC1.Oc1csc(C(F)(F)F)c1. The van der Waals surface area contributed by atoms with Crippen molar-refractivity contribution in [2.75, 3.05) is 19.6 Å². The van der Waals surface area contributed by atoms with Gasteiger partial charge in [0.05, 0.1) is 17.4 Å². The largest absolute Gasteiger partial charge is 0.508 e. The van der Waals surface area contributed by atoms with E-state index in [1.807, 2.05) is 24.0 Å². The molecule has 17 heteroatoms. The van der Waals surface area contributed by atoms with E-state index in [1.54, 1.807) is 12.1 Å². The fraction of sp³-hybridized carbons (Fsp3) is 0.513. The smallest absolute Gasteiger partial charge is 0.425 e. The number of thiophene rings is 1. The second-order valence-corrected chi connectivity index (χ2v) is 14.6. The van der Waals surface area contributed by atoms with Gasteiger partial charge in [0.15, 0.2) is 0 Å². The van der Waals surface area contributed by atoms with Crippen molar-refractivity contribution in [3.8, 4) is 18.1 Å². The number of carbonyl (C=O) groups is 3. The molecule has 2 aliphatic heterocycles. The number of benzene rings is 1. The van der Waals surface area contributed by atoms with E-state index in [0.29, 0.717) is 62.7 Å². The number of carboxylic acids is 1. The number of hydrogen-bond donors (Lipinski definition) is 3. The number of nitrogens with zero attached hydrogens (tertiary/aromatic N) is 4. The summed E-state index contributed by atoms with van der Waals surface area (Å²) in [5.74, 6) is -1.80. The summed E-state index contributed by atoms with van der Waals surface area (Å²) in [6.07, 6.45) is 0.00337. The first kappa shape index (κ1) is 45.5. The Labute approximate surface area is 325 Å². The lowest BCUT2D eigenvalue weighted by Gasteiger charge is -2.43. The Kier molecular flexibility index (Phi) is 17.0. The molecule has 3 N–H and O–H groups in total. The number of halogens is 6. The highest BCUT2D eigenvalue weighted by atomic mass is 32.1. The van der Waals surface area contributed by atoms with E-state index in [4.69, 9.17) is 15.5 Å². The van der Waals surface area contributed by atoms with Gasteiger partial charge in [0, 0.05) is 49.9 Å². The van der Waals surface area contributed by atoms with Gasteiger partial charge in [0.1, 0.15) is 22.1 Å². The van der Waals surface area contributed by atoms with Crippen LogP contribution in [0.2, 0.25) is 0 Å². The minimum Gasteiger partial charge on any atom is -0.508 e. The van der Waals surface area contributed by atoms with Gasteiger partial charge in [0.2, 0.25) is 5.91 Å². The van der Waals surface area contributed by atoms with Crippen LogP contribution in [0.25, 0.3) is 0 Å². The first-order valence-electron chi connectivity index (χ1n) is 18.3. The van der Waals surface area contributed by atoms with Crippen LogP contribution in [0.15, 0.2) is 54.0 Å². The Morgan fingerprint density at radius 2 is 1.54 bits per heavy atom. The monoisotopic (exact) mass is 812 g/mol. The van der Waals surface area contributed by atoms with E-state index in [1.165, 1.54) is 17.2 Å². The number of aliphatic carboxylic acids is 1. The van der Waals surface area contributed by atoms with Crippen LogP contribution in [0.3, 0.4) is 0 Å². The third kappa shape index (κ3) is 12.3. The summed E-state index contributed by atoms with van der Waals surface area (Å²) in [6, 6.07) is 9.52. The zero-order chi connectivity index (χ0) is 41.6. The fourth-order valence-electron chi connectivity index (χ4n) is 7.32. The highest BCUT2D eigenvalue weighted by molar-refractivity contribution is 7.10. The van der Waals surface area contributed by atoms with E-state index >= 15 is 0 Å². The first-order valence-corrected chi connectivity index (χ1v) is 19.1. The molecule has 1 aliphatic carbocycles. The molecule has 3 fully saturated rings. The number of carbonyl (C=O) groups excluding carboxylic acids is 2. The number of hydrogen-bond acceptors (Lipinski definition) is 8. The Bertz CT molecular complexity index is 1750. The lowest BCUT2D eigenvalue weighted by Crippen LogP contribution is -2.54. The van der Waals surface area contributed by atoms with Gasteiger partial charge in [-0.3, -0.25) is 19.4 Å². The highest BCUT2D eigenvalue weighted by Gasteiger charge is 2.43. The van der Waals surface area contributed by atoms with Crippen molar-refractivity contribution in [2.24, 2.45) is 11.8 Å². The number of amides is 2. The topological polar surface area (TPSA) is 155 Å². The number of aromatic hydroxyl groups is 2. The van der Waals surface area contributed by atoms with Crippen LogP contribution in [-0.2, 0) is 21.9 Å². The van der Waals surface area contributed by atoms with Gasteiger partial charge in [-0.05, 0) is 74.6 Å². The van der Waals surface area contributed by atoms with Crippen LogP contribution in [-0.4, -0.2) is 73.6 Å². The number of likely N-dealkylation sites (tertiary alicyclic amines) is 2. The standard InChI is InChI=1S/C27H32F3N3O3.C6H10O2.C5H3F3OS.CHN/c1-2-7-22-20(25(35)32-16-12-18(13-17-32)19-8-3-4-11-23(19)34)9-6-15-33(22)26(36)24-21(27(28,29)30)10-5-14-31-24;7-6(8)5-3-1-2-4-5;6-5(7,8)4-1-3(9)2-10-4;1-2/h3-5,8,10-11,14,18,20,22,34H,2,6-7,9,12-13,15-17H2,1H3;5H,1-4H2,(H,7,8);1-2,9H;1H. The second-order valence-electron chi connectivity index (χ2n) is 13.6. The molecule has 1 aromatic carbocycles. The van der Waals surface area contributed by atoms with Crippen LogP contribution in [0.5, 0.6) is 11.5 Å². The van der Waals surface area contributed by atoms with Gasteiger partial charge >= 0.3 is 18.3 Å². The number of alkyl halides is 6. The predicted molar refractivity (Wildman–Crippen MR) is 196 cm³/mol. The zero-order valence-electron chi connectivity index (χ0n) is 30.8. The van der Waals surface area contributed by atoms with E-state index < -0.39 is 52.3 Å². The summed E-state index contributed by atoms with van der Waals surface area (Å²) >= 11 is 0.481. The Morgan fingerprint density at radius 1 is 0.893 bits per heavy atom. The van der Waals surface area contributed by atoms with Gasteiger partial charge in [-0.15, -0.1) is 11.3 Å². The molecule has 2 unspecified atom stereocenters. The molecule has 2 atom stereocenters. The summed E-state index contributed by atoms with van der Waals surface area (Å²) in [5.41, 5.74) is -0.772. The molecule has 2 aromatic heterocycles. The Morgan fingerprint density at radius 3 is 2.04 bits per heavy atom. The normalized spacial score (nSPS) is 19.0. The predicted octanol–water partition coefficient (Wildman–Crippen LogP) is 9.11. The zero-order valence-corrected chi connectivity index (χ0v) is 31.6. The number of phenolic OH excluding ortho intramolecular Hbond substituents is 1. The second kappa shape index (κ2) is 20.9. The minimum atomic E-state index is -4.69. The lowest BCUT2D eigenvalue weighted by atomic mass is 9.83. The van der Waals surface area contributed by atoms with Crippen LogP contribution in [0.1, 0.15) is 104 Å². The molecule has 0 radical (unpaired) electrons. The molecule has 10 nitrogen and oxygen atoms in total. The third-order valence-corrected chi connectivity index (χ3v) is 11.0. The van der Waals surface area contributed by atoms with Gasteiger partial charge in [0.25, 0.3) is 5.91 Å². The summed E-state index contributed by atoms with van der Waals surface area (Å²) in [5, 5.41) is 34.7. The van der Waals surface area contributed by atoms with Crippen LogP contribution in [0, 0.1) is 23.7 Å². The summed E-state index contributed by atoms with van der Waals surface area (Å²) in [6.45, 7) is 6.83. The van der Waals surface area contributed by atoms with Crippen molar-refractivity contribution in [2.45, 2.75) is 95.4 Å². The number of para-hydroxylation sites is 1. The number of pyridine rings is 1. The quantitative estimate of drug-likeness (QED) is 0.208. The molecule has 1 saturated carbocycles. The Hall–Kier alpha value is -4.85. The molecule has 56 heavy (non-hydrogen) atoms. The number of aromatic nitrogens is 1. The first-order chi connectivity index (χ1) is 26.5. The number of nitriles is 1.